The number of rotatable bonds is 7. The molecule has 28 heavy (non-hydrogen) atoms. The Hall–Kier alpha value is -1.98. The molecule has 1 aromatic carbocycles. The SMILES string of the molecule is CCCOC(=O)C1=C(C)NC(C)=C(C(=O)OCCC)C1c1cccc(Cl)c1Cl. The first-order valence-corrected chi connectivity index (χ1v) is 10.1. The summed E-state index contributed by atoms with van der Waals surface area (Å²) in [4.78, 5) is 25.7. The van der Waals surface area contributed by atoms with Gasteiger partial charge in [-0.15, -0.1) is 0 Å². The van der Waals surface area contributed by atoms with E-state index in [9.17, 15) is 9.59 Å². The van der Waals surface area contributed by atoms with E-state index in [1.807, 2.05) is 13.8 Å². The van der Waals surface area contributed by atoms with Crippen LogP contribution in [-0.2, 0) is 19.1 Å². The number of esters is 2. The number of benzene rings is 1. The monoisotopic (exact) mass is 425 g/mol. The topological polar surface area (TPSA) is 64.6 Å². The molecule has 0 atom stereocenters. The van der Waals surface area contributed by atoms with Gasteiger partial charge in [0.15, 0.2) is 0 Å². The van der Waals surface area contributed by atoms with Crippen LogP contribution in [0.2, 0.25) is 10.0 Å². The van der Waals surface area contributed by atoms with Crippen molar-refractivity contribution in [2.75, 3.05) is 13.2 Å². The molecule has 0 spiro atoms. The number of ether oxygens (including phenoxy) is 2. The average Bonchev–Trinajstić information content (AvgIpc) is 2.65. The summed E-state index contributed by atoms with van der Waals surface area (Å²) in [6.07, 6.45) is 1.38. The molecule has 7 heteroatoms. The Morgan fingerprint density at radius 3 is 1.93 bits per heavy atom. The first-order chi connectivity index (χ1) is 13.3. The molecule has 152 valence electrons. The molecule has 0 radical (unpaired) electrons. The highest BCUT2D eigenvalue weighted by Gasteiger charge is 2.39. The largest absolute Gasteiger partial charge is 0.462 e. The molecule has 0 fully saturated rings. The predicted octanol–water partition coefficient (Wildman–Crippen LogP) is 5.13. The van der Waals surface area contributed by atoms with Crippen LogP contribution < -0.4 is 5.32 Å². The highest BCUT2D eigenvalue weighted by molar-refractivity contribution is 6.42. The molecule has 2 rings (SSSR count). The molecule has 1 aliphatic rings. The zero-order chi connectivity index (χ0) is 20.8. The van der Waals surface area contributed by atoms with Crippen LogP contribution in [0.4, 0.5) is 0 Å². The molecule has 1 aliphatic heterocycles. The molecule has 0 saturated carbocycles. The Bertz CT molecular complexity index is 788. The molecule has 1 heterocycles. The molecule has 5 nitrogen and oxygen atoms in total. The predicted molar refractivity (Wildman–Crippen MR) is 110 cm³/mol. The van der Waals surface area contributed by atoms with Gasteiger partial charge in [0.1, 0.15) is 0 Å². The number of dihydropyridines is 1. The van der Waals surface area contributed by atoms with E-state index in [-0.39, 0.29) is 13.2 Å². The second-order valence-corrected chi connectivity index (χ2v) is 7.34. The van der Waals surface area contributed by atoms with Crippen LogP contribution in [0.25, 0.3) is 0 Å². The average molecular weight is 426 g/mol. The van der Waals surface area contributed by atoms with Gasteiger partial charge in [-0.2, -0.15) is 0 Å². The fourth-order valence-electron chi connectivity index (χ4n) is 3.13. The van der Waals surface area contributed by atoms with E-state index < -0.39 is 17.9 Å². The van der Waals surface area contributed by atoms with Gasteiger partial charge < -0.3 is 14.8 Å². The summed E-state index contributed by atoms with van der Waals surface area (Å²) in [5.74, 6) is -1.73. The number of nitrogens with one attached hydrogen (secondary N) is 1. The Balaban J connectivity index is 2.63. The summed E-state index contributed by atoms with van der Waals surface area (Å²) < 4.78 is 10.8. The van der Waals surface area contributed by atoms with Crippen molar-refractivity contribution in [3.8, 4) is 0 Å². The normalized spacial score (nSPS) is 14.8. The molecule has 0 aromatic heterocycles. The van der Waals surface area contributed by atoms with Gasteiger partial charge in [-0.3, -0.25) is 0 Å². The van der Waals surface area contributed by atoms with Crippen LogP contribution in [0.1, 0.15) is 52.0 Å². The minimum absolute atomic E-state index is 0.282. The standard InChI is InChI=1S/C21H25Cl2NO4/c1-5-10-27-20(25)16-12(3)24-13(4)17(21(26)28-11-6-2)18(16)14-8-7-9-15(22)19(14)23/h7-9,18,24H,5-6,10-11H2,1-4H3. The van der Waals surface area contributed by atoms with Crippen molar-refractivity contribution in [2.24, 2.45) is 0 Å². The number of halogens is 2. The highest BCUT2D eigenvalue weighted by atomic mass is 35.5. The number of allylic oxidation sites excluding steroid dienone is 2. The molecule has 0 amide bonds. The Kier molecular flexibility index (Phi) is 7.96. The van der Waals surface area contributed by atoms with Crippen LogP contribution in [-0.4, -0.2) is 25.2 Å². The molecule has 0 unspecified atom stereocenters. The van der Waals surface area contributed by atoms with Crippen LogP contribution in [0, 0.1) is 0 Å². The number of hydrogen-bond acceptors (Lipinski definition) is 5. The van der Waals surface area contributed by atoms with Crippen molar-refractivity contribution >= 4 is 35.1 Å². The molecule has 0 aliphatic carbocycles. The quantitative estimate of drug-likeness (QED) is 0.612. The Morgan fingerprint density at radius 2 is 1.46 bits per heavy atom. The van der Waals surface area contributed by atoms with E-state index in [1.165, 1.54) is 0 Å². The Morgan fingerprint density at radius 1 is 0.964 bits per heavy atom. The van der Waals surface area contributed by atoms with Crippen molar-refractivity contribution in [3.63, 3.8) is 0 Å². The van der Waals surface area contributed by atoms with Gasteiger partial charge in [-0.25, -0.2) is 9.59 Å². The lowest BCUT2D eigenvalue weighted by Gasteiger charge is -2.31. The fourth-order valence-corrected chi connectivity index (χ4v) is 3.55. The summed E-state index contributed by atoms with van der Waals surface area (Å²) >= 11 is 12.7. The summed E-state index contributed by atoms with van der Waals surface area (Å²) in [6, 6.07) is 5.15. The van der Waals surface area contributed by atoms with E-state index in [0.717, 1.165) is 0 Å². The minimum Gasteiger partial charge on any atom is -0.462 e. The zero-order valence-electron chi connectivity index (χ0n) is 16.5. The van der Waals surface area contributed by atoms with Crippen molar-refractivity contribution in [1.29, 1.82) is 0 Å². The van der Waals surface area contributed by atoms with E-state index in [2.05, 4.69) is 5.32 Å². The Labute approximate surface area is 175 Å². The molecule has 1 N–H and O–H groups in total. The van der Waals surface area contributed by atoms with Gasteiger partial charge in [0.05, 0.1) is 40.3 Å². The highest BCUT2D eigenvalue weighted by Crippen LogP contribution is 2.43. The third kappa shape index (κ3) is 4.70. The lowest BCUT2D eigenvalue weighted by molar-refractivity contribution is -0.140. The third-order valence-corrected chi connectivity index (χ3v) is 5.20. The lowest BCUT2D eigenvalue weighted by atomic mass is 9.80. The van der Waals surface area contributed by atoms with Crippen LogP contribution >= 0.6 is 23.2 Å². The molecule has 0 bridgehead atoms. The van der Waals surface area contributed by atoms with Crippen molar-refractivity contribution in [2.45, 2.75) is 46.5 Å². The van der Waals surface area contributed by atoms with E-state index in [4.69, 9.17) is 32.7 Å². The van der Waals surface area contributed by atoms with E-state index in [1.54, 1.807) is 32.0 Å². The summed E-state index contributed by atoms with van der Waals surface area (Å²) in [5, 5.41) is 3.74. The first kappa shape index (κ1) is 22.3. The second kappa shape index (κ2) is 9.99. The molecular weight excluding hydrogens is 401 g/mol. The first-order valence-electron chi connectivity index (χ1n) is 9.30. The summed E-state index contributed by atoms with van der Waals surface area (Å²) in [7, 11) is 0. The van der Waals surface area contributed by atoms with Crippen molar-refractivity contribution < 1.29 is 19.1 Å². The number of hydrogen-bond donors (Lipinski definition) is 1. The van der Waals surface area contributed by atoms with Gasteiger partial charge in [-0.1, -0.05) is 49.2 Å². The van der Waals surface area contributed by atoms with Gasteiger partial charge in [0.2, 0.25) is 0 Å². The number of carbonyl (C=O) groups excluding carboxylic acids is 2. The summed E-state index contributed by atoms with van der Waals surface area (Å²) in [6.45, 7) is 7.93. The molecule has 0 saturated heterocycles. The van der Waals surface area contributed by atoms with Crippen LogP contribution in [0.3, 0.4) is 0 Å². The van der Waals surface area contributed by atoms with Gasteiger partial charge in [0, 0.05) is 11.4 Å². The van der Waals surface area contributed by atoms with Crippen LogP contribution in [0.5, 0.6) is 0 Å². The lowest BCUT2D eigenvalue weighted by Crippen LogP contribution is -2.32. The van der Waals surface area contributed by atoms with Crippen molar-refractivity contribution in [3.05, 3.63) is 56.3 Å². The van der Waals surface area contributed by atoms with Gasteiger partial charge >= 0.3 is 11.9 Å². The van der Waals surface area contributed by atoms with Gasteiger partial charge in [0.25, 0.3) is 0 Å². The fraction of sp³-hybridized carbons (Fsp3) is 0.429. The van der Waals surface area contributed by atoms with E-state index in [0.29, 0.717) is 51.0 Å². The summed E-state index contributed by atoms with van der Waals surface area (Å²) in [5.41, 5.74) is 2.41. The zero-order valence-corrected chi connectivity index (χ0v) is 18.0. The van der Waals surface area contributed by atoms with Crippen molar-refractivity contribution in [1.82, 2.24) is 5.32 Å². The molecule has 1 aromatic rings. The smallest absolute Gasteiger partial charge is 0.336 e. The minimum atomic E-state index is -0.735. The van der Waals surface area contributed by atoms with E-state index >= 15 is 0 Å². The maximum absolute atomic E-state index is 12.9. The van der Waals surface area contributed by atoms with Gasteiger partial charge in [-0.05, 0) is 38.3 Å². The third-order valence-electron chi connectivity index (χ3n) is 4.37. The maximum Gasteiger partial charge on any atom is 0.336 e. The molecular formula is C21H25Cl2NO4. The second-order valence-electron chi connectivity index (χ2n) is 6.55. The maximum atomic E-state index is 12.9. The van der Waals surface area contributed by atoms with Crippen LogP contribution in [0.15, 0.2) is 40.7 Å². The number of carbonyl (C=O) groups is 2.